The molecular weight excluding hydrogens is 725 g/mol. The molecule has 0 spiro atoms. The van der Waals surface area contributed by atoms with Crippen molar-refractivity contribution in [2.75, 3.05) is 42.8 Å². The molecule has 0 radical (unpaired) electrons. The molecule has 5 rings (SSSR count). The standard InChI is InChI=1S/C40H48FN7O8/c1-25(42-39(53)55-3)37(51)47-21-5-7-33(47)35(49)44-30-15-9-27(10-16-30)23-46(32-19-13-29(41)14-20-32)24-28-11-17-31(18-12-28)45-36(50)34-8-6-22-48(34)38(52)26(2)43-40(54)56-4/h9-20,25-26,33-34H,5-8,21-24H2,1-4H3,(H,42,53)(H,43,54)(H,44,49)(H,45,50). The Kier molecular flexibility index (Phi) is 13.8. The second-order valence-corrected chi connectivity index (χ2v) is 13.8. The average Bonchev–Trinajstić information content (AvgIpc) is 3.90. The first-order valence-corrected chi connectivity index (χ1v) is 18.5. The predicted molar refractivity (Wildman–Crippen MR) is 206 cm³/mol. The molecule has 16 heteroatoms. The topological polar surface area (TPSA) is 179 Å². The Morgan fingerprint density at radius 1 is 0.661 bits per heavy atom. The molecule has 0 saturated carbocycles. The van der Waals surface area contributed by atoms with Crippen molar-refractivity contribution in [1.82, 2.24) is 20.4 Å². The second-order valence-electron chi connectivity index (χ2n) is 13.8. The lowest BCUT2D eigenvalue weighted by Crippen LogP contribution is -2.51. The van der Waals surface area contributed by atoms with Crippen molar-refractivity contribution in [1.29, 1.82) is 0 Å². The third-order valence-corrected chi connectivity index (χ3v) is 9.84. The van der Waals surface area contributed by atoms with E-state index in [9.17, 15) is 33.2 Å². The number of carbonyl (C=O) groups excluding carboxylic acids is 6. The lowest BCUT2D eigenvalue weighted by atomic mass is 10.1. The minimum atomic E-state index is -0.849. The van der Waals surface area contributed by atoms with Crippen LogP contribution in [-0.4, -0.2) is 97.1 Å². The van der Waals surface area contributed by atoms with E-state index in [1.165, 1.54) is 36.2 Å². The zero-order chi connectivity index (χ0) is 40.4. The Labute approximate surface area is 324 Å². The van der Waals surface area contributed by atoms with Gasteiger partial charge in [-0.25, -0.2) is 14.0 Å². The van der Waals surface area contributed by atoms with E-state index in [-0.39, 0.29) is 29.4 Å². The molecule has 6 amide bonds. The maximum Gasteiger partial charge on any atom is 0.407 e. The van der Waals surface area contributed by atoms with E-state index in [0.717, 1.165) is 16.8 Å². The molecule has 3 aromatic rings. The largest absolute Gasteiger partial charge is 0.453 e. The number of benzene rings is 3. The number of hydrogen-bond acceptors (Lipinski definition) is 9. The molecular formula is C40H48FN7O8. The number of amides is 6. The third-order valence-electron chi connectivity index (χ3n) is 9.84. The summed E-state index contributed by atoms with van der Waals surface area (Å²) >= 11 is 0. The van der Waals surface area contributed by atoms with E-state index >= 15 is 0 Å². The molecule has 2 heterocycles. The molecule has 0 aliphatic carbocycles. The van der Waals surface area contributed by atoms with Gasteiger partial charge in [0.2, 0.25) is 23.6 Å². The molecule has 4 unspecified atom stereocenters. The quantitative estimate of drug-likeness (QED) is 0.196. The predicted octanol–water partition coefficient (Wildman–Crippen LogP) is 4.38. The zero-order valence-electron chi connectivity index (χ0n) is 31.9. The number of hydrogen-bond donors (Lipinski definition) is 4. The number of ether oxygens (including phenoxy) is 2. The lowest BCUT2D eigenvalue weighted by Gasteiger charge is -2.27. The molecule has 2 saturated heterocycles. The van der Waals surface area contributed by atoms with Crippen LogP contribution in [0.25, 0.3) is 0 Å². The number of rotatable bonds is 13. The van der Waals surface area contributed by atoms with Crippen LogP contribution in [0.5, 0.6) is 0 Å². The number of methoxy groups -OCH3 is 2. The second kappa shape index (κ2) is 18.9. The fourth-order valence-corrected chi connectivity index (χ4v) is 6.87. The maximum atomic E-state index is 13.9. The number of anilines is 3. The number of likely N-dealkylation sites (tertiary alicyclic amines) is 2. The molecule has 4 atom stereocenters. The van der Waals surface area contributed by atoms with E-state index in [0.29, 0.717) is 63.2 Å². The van der Waals surface area contributed by atoms with Crippen LogP contribution in [0.1, 0.15) is 50.7 Å². The average molecular weight is 774 g/mol. The molecule has 2 fully saturated rings. The fourth-order valence-electron chi connectivity index (χ4n) is 6.87. The zero-order valence-corrected chi connectivity index (χ0v) is 31.9. The molecule has 298 valence electrons. The fraction of sp³-hybridized carbons (Fsp3) is 0.400. The van der Waals surface area contributed by atoms with E-state index in [1.54, 1.807) is 50.2 Å². The SMILES string of the molecule is COC(=O)NC(C)C(=O)N1CCCC1C(=O)Nc1ccc(CN(Cc2ccc(NC(=O)C3CCCN3C(=O)C(C)NC(=O)OC)cc2)c2ccc(F)cc2)cc1. The van der Waals surface area contributed by atoms with Gasteiger partial charge in [0, 0.05) is 43.2 Å². The molecule has 2 aliphatic heterocycles. The summed E-state index contributed by atoms with van der Waals surface area (Å²) in [5.74, 6) is -1.73. The molecule has 15 nitrogen and oxygen atoms in total. The van der Waals surface area contributed by atoms with Gasteiger partial charge in [-0.3, -0.25) is 19.2 Å². The van der Waals surface area contributed by atoms with Gasteiger partial charge in [-0.05, 0) is 99.2 Å². The normalized spacial score (nSPS) is 17.3. The van der Waals surface area contributed by atoms with Crippen LogP contribution in [0.4, 0.5) is 31.0 Å². The number of carbonyl (C=O) groups is 6. The number of halogens is 1. The Bertz CT molecular complexity index is 1760. The van der Waals surface area contributed by atoms with Crippen molar-refractivity contribution in [3.63, 3.8) is 0 Å². The van der Waals surface area contributed by atoms with Gasteiger partial charge in [-0.2, -0.15) is 0 Å². The molecule has 0 bridgehead atoms. The van der Waals surface area contributed by atoms with Crippen molar-refractivity contribution in [3.8, 4) is 0 Å². The summed E-state index contributed by atoms with van der Waals surface area (Å²) in [6.07, 6.45) is 0.855. The highest BCUT2D eigenvalue weighted by Gasteiger charge is 2.37. The van der Waals surface area contributed by atoms with Gasteiger partial charge in [0.15, 0.2) is 0 Å². The summed E-state index contributed by atoms with van der Waals surface area (Å²) in [6, 6.07) is 17.8. The van der Waals surface area contributed by atoms with Crippen molar-refractivity contribution < 1.29 is 42.6 Å². The van der Waals surface area contributed by atoms with Crippen LogP contribution in [-0.2, 0) is 41.7 Å². The first-order valence-electron chi connectivity index (χ1n) is 18.5. The molecule has 0 aromatic heterocycles. The lowest BCUT2D eigenvalue weighted by molar-refractivity contribution is -0.138. The summed E-state index contributed by atoms with van der Waals surface area (Å²) in [7, 11) is 2.42. The summed E-state index contributed by atoms with van der Waals surface area (Å²) in [5, 5.41) is 10.7. The Balaban J connectivity index is 1.20. The smallest absolute Gasteiger partial charge is 0.407 e. The molecule has 2 aliphatic rings. The third kappa shape index (κ3) is 10.5. The highest BCUT2D eigenvalue weighted by molar-refractivity contribution is 5.99. The summed E-state index contributed by atoms with van der Waals surface area (Å²) < 4.78 is 23.1. The van der Waals surface area contributed by atoms with Crippen molar-refractivity contribution >= 4 is 52.9 Å². The minimum Gasteiger partial charge on any atom is -0.453 e. The molecule has 56 heavy (non-hydrogen) atoms. The summed E-state index contributed by atoms with van der Waals surface area (Å²) in [6.45, 7) is 4.79. The van der Waals surface area contributed by atoms with Crippen LogP contribution in [0.3, 0.4) is 0 Å². The maximum absolute atomic E-state index is 13.9. The van der Waals surface area contributed by atoms with Crippen molar-refractivity contribution in [2.45, 2.75) is 76.8 Å². The first-order chi connectivity index (χ1) is 26.9. The van der Waals surface area contributed by atoms with Gasteiger partial charge in [-0.15, -0.1) is 0 Å². The van der Waals surface area contributed by atoms with Crippen LogP contribution >= 0.6 is 0 Å². The van der Waals surface area contributed by atoms with Crippen LogP contribution in [0.2, 0.25) is 0 Å². The van der Waals surface area contributed by atoms with Gasteiger partial charge in [0.05, 0.1) is 14.2 Å². The summed E-state index contributed by atoms with van der Waals surface area (Å²) in [4.78, 5) is 80.7. The van der Waals surface area contributed by atoms with Crippen molar-refractivity contribution in [2.24, 2.45) is 0 Å². The van der Waals surface area contributed by atoms with Crippen LogP contribution in [0, 0.1) is 5.82 Å². The number of alkyl carbamates (subject to hydrolysis) is 2. The molecule has 3 aromatic carbocycles. The summed E-state index contributed by atoms with van der Waals surface area (Å²) in [5.41, 5.74) is 3.74. The van der Waals surface area contributed by atoms with Crippen molar-refractivity contribution in [3.05, 3.63) is 89.7 Å². The highest BCUT2D eigenvalue weighted by atomic mass is 19.1. The van der Waals surface area contributed by atoms with Crippen LogP contribution < -0.4 is 26.2 Å². The Hall–Kier alpha value is -6.19. The van der Waals surface area contributed by atoms with Gasteiger partial charge in [-0.1, -0.05) is 24.3 Å². The minimum absolute atomic E-state index is 0.321. The number of nitrogens with one attached hydrogen (secondary N) is 4. The monoisotopic (exact) mass is 773 g/mol. The van der Waals surface area contributed by atoms with Gasteiger partial charge >= 0.3 is 12.2 Å². The number of nitrogens with zero attached hydrogens (tertiary/aromatic N) is 3. The van der Waals surface area contributed by atoms with Gasteiger partial charge in [0.1, 0.15) is 30.0 Å². The van der Waals surface area contributed by atoms with Crippen LogP contribution in [0.15, 0.2) is 72.8 Å². The van der Waals surface area contributed by atoms with E-state index < -0.39 is 36.4 Å². The Morgan fingerprint density at radius 2 is 1.05 bits per heavy atom. The van der Waals surface area contributed by atoms with E-state index in [1.807, 2.05) is 24.3 Å². The van der Waals surface area contributed by atoms with Gasteiger partial charge in [0.25, 0.3) is 0 Å². The first kappa shape index (κ1) is 41.0. The van der Waals surface area contributed by atoms with Gasteiger partial charge < -0.3 is 45.4 Å². The van der Waals surface area contributed by atoms with E-state index in [4.69, 9.17) is 0 Å². The molecule has 4 N–H and O–H groups in total. The highest BCUT2D eigenvalue weighted by Crippen LogP contribution is 2.25. The van der Waals surface area contributed by atoms with E-state index in [2.05, 4.69) is 35.6 Å². The Morgan fingerprint density at radius 3 is 1.43 bits per heavy atom.